The predicted molar refractivity (Wildman–Crippen MR) is 75.4 cm³/mol. The van der Waals surface area contributed by atoms with Crippen LogP contribution in [0.1, 0.15) is 20.3 Å². The average molecular weight is 273 g/mol. The average Bonchev–Trinajstić information content (AvgIpc) is 2.65. The van der Waals surface area contributed by atoms with Crippen molar-refractivity contribution in [1.29, 1.82) is 0 Å². The number of nitrogens with one attached hydrogen (secondary N) is 1. The number of anilines is 1. The summed E-state index contributed by atoms with van der Waals surface area (Å²) in [7, 11) is 0. The van der Waals surface area contributed by atoms with Crippen molar-refractivity contribution in [1.82, 2.24) is 5.32 Å². The number of hydrogen-bond donors (Lipinski definition) is 1. The normalized spacial score (nSPS) is 20.3. The van der Waals surface area contributed by atoms with Gasteiger partial charge in [-0.1, -0.05) is 43.1 Å². The third-order valence-electron chi connectivity index (χ3n) is 3.01. The van der Waals surface area contributed by atoms with Crippen LogP contribution < -0.4 is 10.2 Å². The van der Waals surface area contributed by atoms with Gasteiger partial charge < -0.3 is 10.2 Å². The first kappa shape index (κ1) is 13.0. The van der Waals surface area contributed by atoms with E-state index in [-0.39, 0.29) is 0 Å². The third-order valence-corrected chi connectivity index (χ3v) is 3.62. The van der Waals surface area contributed by atoms with Crippen molar-refractivity contribution in [3.8, 4) is 0 Å². The first-order chi connectivity index (χ1) is 8.08. The fourth-order valence-corrected chi connectivity index (χ4v) is 3.00. The fourth-order valence-electron chi connectivity index (χ4n) is 2.36. The maximum atomic E-state index is 6.22. The summed E-state index contributed by atoms with van der Waals surface area (Å²) < 4.78 is 0. The highest BCUT2D eigenvalue weighted by atomic mass is 35.5. The molecule has 1 atom stereocenters. The first-order valence-electron chi connectivity index (χ1n) is 6.03. The van der Waals surface area contributed by atoms with E-state index in [2.05, 4.69) is 24.1 Å². The van der Waals surface area contributed by atoms with Gasteiger partial charge in [-0.3, -0.25) is 0 Å². The number of rotatable bonds is 3. The molecule has 1 heterocycles. The summed E-state index contributed by atoms with van der Waals surface area (Å²) in [6, 6.07) is 6.72. The third kappa shape index (κ3) is 3.06. The number of halogens is 2. The summed E-state index contributed by atoms with van der Waals surface area (Å²) in [5.41, 5.74) is 0.976. The molecule has 0 aromatic heterocycles. The molecule has 0 radical (unpaired) electrons. The maximum Gasteiger partial charge on any atom is 0.0745 e. The van der Waals surface area contributed by atoms with E-state index in [1.54, 1.807) is 0 Å². The zero-order valence-electron chi connectivity index (χ0n) is 10.2. The summed E-state index contributed by atoms with van der Waals surface area (Å²) >= 11 is 12.4. The Hall–Kier alpha value is -0.440. The van der Waals surface area contributed by atoms with Crippen molar-refractivity contribution in [2.75, 3.05) is 18.0 Å². The maximum absolute atomic E-state index is 6.22. The van der Waals surface area contributed by atoms with Gasteiger partial charge in [0.15, 0.2) is 0 Å². The highest BCUT2D eigenvalue weighted by Crippen LogP contribution is 2.35. The Morgan fingerprint density at radius 1 is 1.29 bits per heavy atom. The van der Waals surface area contributed by atoms with Crippen LogP contribution in [0.4, 0.5) is 5.69 Å². The Morgan fingerprint density at radius 2 is 1.94 bits per heavy atom. The van der Waals surface area contributed by atoms with Gasteiger partial charge in [0.2, 0.25) is 0 Å². The predicted octanol–water partition coefficient (Wildman–Crippen LogP) is 3.57. The minimum atomic E-state index is 0.515. The molecule has 0 amide bonds. The molecule has 2 nitrogen and oxygen atoms in total. The van der Waals surface area contributed by atoms with Gasteiger partial charge >= 0.3 is 0 Å². The van der Waals surface area contributed by atoms with Crippen LogP contribution >= 0.6 is 23.2 Å². The lowest BCUT2D eigenvalue weighted by atomic mass is 10.2. The van der Waals surface area contributed by atoms with Gasteiger partial charge in [-0.2, -0.15) is 0 Å². The van der Waals surface area contributed by atoms with Crippen molar-refractivity contribution in [3.63, 3.8) is 0 Å². The number of benzene rings is 1. The molecular formula is C13H18Cl2N2. The quantitative estimate of drug-likeness (QED) is 0.905. The Kier molecular flexibility index (Phi) is 4.18. The zero-order valence-corrected chi connectivity index (χ0v) is 11.7. The fraction of sp³-hybridized carbons (Fsp3) is 0.538. The molecule has 1 aromatic rings. The molecular weight excluding hydrogens is 255 g/mol. The minimum absolute atomic E-state index is 0.515. The van der Waals surface area contributed by atoms with Crippen LogP contribution in [0.5, 0.6) is 0 Å². The molecule has 0 saturated carbocycles. The smallest absolute Gasteiger partial charge is 0.0745 e. The Morgan fingerprint density at radius 3 is 2.53 bits per heavy atom. The molecule has 1 N–H and O–H groups in total. The topological polar surface area (TPSA) is 15.3 Å². The Balaban J connectivity index is 2.10. The molecule has 2 rings (SSSR count). The molecule has 4 heteroatoms. The highest BCUT2D eigenvalue weighted by Gasteiger charge is 2.25. The molecule has 0 aliphatic carbocycles. The van der Waals surface area contributed by atoms with Crippen molar-refractivity contribution in [2.45, 2.75) is 32.4 Å². The van der Waals surface area contributed by atoms with Gasteiger partial charge in [0.25, 0.3) is 0 Å². The molecule has 1 saturated heterocycles. The molecule has 17 heavy (non-hydrogen) atoms. The lowest BCUT2D eigenvalue weighted by molar-refractivity contribution is 0.492. The van der Waals surface area contributed by atoms with Crippen LogP contribution in [0.2, 0.25) is 10.0 Å². The van der Waals surface area contributed by atoms with Crippen LogP contribution in [-0.4, -0.2) is 25.2 Å². The van der Waals surface area contributed by atoms with E-state index in [0.29, 0.717) is 12.1 Å². The van der Waals surface area contributed by atoms with Crippen molar-refractivity contribution in [2.24, 2.45) is 0 Å². The van der Waals surface area contributed by atoms with Gasteiger partial charge in [-0.15, -0.1) is 0 Å². The van der Waals surface area contributed by atoms with E-state index < -0.39 is 0 Å². The van der Waals surface area contributed by atoms with Gasteiger partial charge in [0.05, 0.1) is 15.7 Å². The Bertz CT molecular complexity index is 373. The van der Waals surface area contributed by atoms with Crippen molar-refractivity contribution < 1.29 is 0 Å². The largest absolute Gasteiger partial charge is 0.368 e. The number of nitrogens with zero attached hydrogens (tertiary/aromatic N) is 1. The van der Waals surface area contributed by atoms with E-state index in [9.17, 15) is 0 Å². The summed E-state index contributed by atoms with van der Waals surface area (Å²) in [5.74, 6) is 0. The van der Waals surface area contributed by atoms with Crippen molar-refractivity contribution in [3.05, 3.63) is 28.2 Å². The molecule has 0 bridgehead atoms. The van der Waals surface area contributed by atoms with Gasteiger partial charge in [-0.05, 0) is 18.6 Å². The van der Waals surface area contributed by atoms with Gasteiger partial charge in [0, 0.05) is 25.2 Å². The van der Waals surface area contributed by atoms with Crippen LogP contribution in [-0.2, 0) is 0 Å². The van der Waals surface area contributed by atoms with E-state index in [1.807, 2.05) is 18.2 Å². The van der Waals surface area contributed by atoms with Gasteiger partial charge in [0.1, 0.15) is 0 Å². The standard InChI is InChI=1S/C13H18Cl2N2/c1-9(2)16-10-6-7-17(8-10)13-11(14)4-3-5-12(13)15/h3-5,9-10,16H,6-8H2,1-2H3. The van der Waals surface area contributed by atoms with E-state index in [1.165, 1.54) is 0 Å². The number of hydrogen-bond acceptors (Lipinski definition) is 2. The first-order valence-corrected chi connectivity index (χ1v) is 6.78. The van der Waals surface area contributed by atoms with Crippen LogP contribution in [0.15, 0.2) is 18.2 Å². The van der Waals surface area contributed by atoms with Crippen LogP contribution in [0.25, 0.3) is 0 Å². The monoisotopic (exact) mass is 272 g/mol. The second-order valence-corrected chi connectivity index (χ2v) is 5.64. The van der Waals surface area contributed by atoms with E-state index >= 15 is 0 Å². The molecule has 1 aromatic carbocycles. The molecule has 0 spiro atoms. The van der Waals surface area contributed by atoms with Crippen LogP contribution in [0.3, 0.4) is 0 Å². The second kappa shape index (κ2) is 5.47. The summed E-state index contributed by atoms with van der Waals surface area (Å²) in [5, 5.41) is 5.03. The van der Waals surface area contributed by atoms with Gasteiger partial charge in [-0.25, -0.2) is 0 Å². The SMILES string of the molecule is CC(C)NC1CCN(c2c(Cl)cccc2Cl)C1. The summed E-state index contributed by atoms with van der Waals surface area (Å²) in [6.45, 7) is 6.33. The summed E-state index contributed by atoms with van der Waals surface area (Å²) in [4.78, 5) is 2.27. The highest BCUT2D eigenvalue weighted by molar-refractivity contribution is 6.39. The number of para-hydroxylation sites is 1. The van der Waals surface area contributed by atoms with Crippen molar-refractivity contribution >= 4 is 28.9 Å². The lowest BCUT2D eigenvalue weighted by Crippen LogP contribution is -2.37. The molecule has 1 unspecified atom stereocenters. The summed E-state index contributed by atoms with van der Waals surface area (Å²) in [6.07, 6.45) is 1.14. The molecule has 94 valence electrons. The minimum Gasteiger partial charge on any atom is -0.368 e. The zero-order chi connectivity index (χ0) is 12.4. The second-order valence-electron chi connectivity index (χ2n) is 4.82. The molecule has 1 fully saturated rings. The van der Waals surface area contributed by atoms with E-state index in [4.69, 9.17) is 23.2 Å². The Labute approximate surface area is 113 Å². The van der Waals surface area contributed by atoms with Crippen LogP contribution in [0, 0.1) is 0 Å². The molecule has 1 aliphatic rings. The molecule has 1 aliphatic heterocycles. The van der Waals surface area contributed by atoms with E-state index in [0.717, 1.165) is 35.2 Å². The lowest BCUT2D eigenvalue weighted by Gasteiger charge is -2.22.